The van der Waals surface area contributed by atoms with Crippen molar-refractivity contribution in [1.29, 1.82) is 0 Å². The summed E-state index contributed by atoms with van der Waals surface area (Å²) >= 11 is 0. The van der Waals surface area contributed by atoms with Crippen LogP contribution in [-0.4, -0.2) is 61.8 Å². The molecule has 2 atom stereocenters. The van der Waals surface area contributed by atoms with Crippen molar-refractivity contribution in [2.75, 3.05) is 32.8 Å². The van der Waals surface area contributed by atoms with Gasteiger partial charge in [0, 0.05) is 44.9 Å². The van der Waals surface area contributed by atoms with E-state index in [2.05, 4.69) is 43.2 Å². The van der Waals surface area contributed by atoms with Gasteiger partial charge in [-0.3, -0.25) is 9.89 Å². The van der Waals surface area contributed by atoms with Crippen LogP contribution in [0, 0.1) is 5.92 Å². The minimum absolute atomic E-state index is 0. The molecule has 0 bridgehead atoms. The topological polar surface area (TPSA) is 48.9 Å². The third-order valence-corrected chi connectivity index (χ3v) is 5.27. The van der Waals surface area contributed by atoms with Crippen LogP contribution in [0.15, 0.2) is 4.99 Å². The van der Waals surface area contributed by atoms with E-state index in [4.69, 9.17) is 9.73 Å². The van der Waals surface area contributed by atoms with Crippen LogP contribution < -0.4 is 10.6 Å². The second kappa shape index (κ2) is 12.3. The van der Waals surface area contributed by atoms with Crippen LogP contribution in [0.1, 0.15) is 59.8 Å². The number of rotatable bonds is 8. The van der Waals surface area contributed by atoms with Gasteiger partial charge in [0.15, 0.2) is 5.96 Å². The molecule has 1 aliphatic carbocycles. The number of nitrogens with zero attached hydrogens (tertiary/aromatic N) is 2. The highest BCUT2D eigenvalue weighted by molar-refractivity contribution is 14.0. The molecule has 2 unspecified atom stereocenters. The first kappa shape index (κ1) is 23.0. The smallest absolute Gasteiger partial charge is 0.191 e. The summed E-state index contributed by atoms with van der Waals surface area (Å²) in [6.07, 6.45) is 6.69. The molecule has 1 aliphatic heterocycles. The molecule has 2 aliphatic rings. The van der Waals surface area contributed by atoms with Crippen molar-refractivity contribution in [2.45, 2.75) is 78.0 Å². The van der Waals surface area contributed by atoms with Gasteiger partial charge in [-0.15, -0.1) is 24.0 Å². The Labute approximate surface area is 171 Å². The fourth-order valence-corrected chi connectivity index (χ4v) is 3.67. The zero-order valence-corrected chi connectivity index (χ0v) is 18.9. The first-order valence-electron chi connectivity index (χ1n) is 10.0. The minimum atomic E-state index is 0. The van der Waals surface area contributed by atoms with Crippen LogP contribution in [0.2, 0.25) is 0 Å². The molecular weight excluding hydrogens is 427 g/mol. The molecular formula is C19H39IN4O. The predicted molar refractivity (Wildman–Crippen MR) is 117 cm³/mol. The van der Waals surface area contributed by atoms with E-state index in [1.54, 1.807) is 0 Å². The largest absolute Gasteiger partial charge is 0.378 e. The monoisotopic (exact) mass is 466 g/mol. The van der Waals surface area contributed by atoms with E-state index in [0.717, 1.165) is 38.6 Å². The second-order valence-electron chi connectivity index (χ2n) is 7.67. The van der Waals surface area contributed by atoms with E-state index in [9.17, 15) is 0 Å². The Morgan fingerprint density at radius 1 is 1.24 bits per heavy atom. The normalized spacial score (nSPS) is 25.4. The first-order valence-corrected chi connectivity index (χ1v) is 10.0. The number of ether oxygens (including phenoxy) is 1. The number of halogens is 1. The molecule has 1 saturated heterocycles. The van der Waals surface area contributed by atoms with Crippen LogP contribution in [0.3, 0.4) is 0 Å². The van der Waals surface area contributed by atoms with Gasteiger partial charge < -0.3 is 15.4 Å². The number of nitrogens with one attached hydrogen (secondary N) is 2. The first-order chi connectivity index (χ1) is 11.6. The molecule has 25 heavy (non-hydrogen) atoms. The van der Waals surface area contributed by atoms with E-state index in [0.29, 0.717) is 24.1 Å². The Morgan fingerprint density at radius 3 is 2.56 bits per heavy atom. The van der Waals surface area contributed by atoms with E-state index in [1.807, 2.05) is 0 Å². The Balaban J connectivity index is 0.00000312. The van der Waals surface area contributed by atoms with E-state index < -0.39 is 0 Å². The maximum Gasteiger partial charge on any atom is 0.191 e. The van der Waals surface area contributed by atoms with Crippen molar-refractivity contribution in [1.82, 2.24) is 15.5 Å². The highest BCUT2D eigenvalue weighted by atomic mass is 127. The highest BCUT2D eigenvalue weighted by Crippen LogP contribution is 2.21. The number of hydrogen-bond donors (Lipinski definition) is 2. The Morgan fingerprint density at radius 2 is 1.96 bits per heavy atom. The summed E-state index contributed by atoms with van der Waals surface area (Å²) in [6, 6.07) is 1.10. The molecule has 5 nitrogen and oxygen atoms in total. The van der Waals surface area contributed by atoms with Gasteiger partial charge in [0.05, 0.1) is 6.10 Å². The van der Waals surface area contributed by atoms with E-state index >= 15 is 0 Å². The van der Waals surface area contributed by atoms with Crippen molar-refractivity contribution in [2.24, 2.45) is 10.9 Å². The molecule has 0 aromatic heterocycles. The molecule has 2 N–H and O–H groups in total. The Hall–Kier alpha value is -0.0800. The molecule has 0 amide bonds. The number of likely N-dealkylation sites (tertiary alicyclic amines) is 1. The number of guanidine groups is 1. The molecule has 2 rings (SSSR count). The molecule has 148 valence electrons. The van der Waals surface area contributed by atoms with Crippen molar-refractivity contribution < 1.29 is 4.74 Å². The summed E-state index contributed by atoms with van der Waals surface area (Å²) in [4.78, 5) is 7.28. The molecule has 0 radical (unpaired) electrons. The zero-order valence-electron chi connectivity index (χ0n) is 16.6. The van der Waals surface area contributed by atoms with Crippen LogP contribution in [0.25, 0.3) is 0 Å². The zero-order chi connectivity index (χ0) is 17.4. The summed E-state index contributed by atoms with van der Waals surface area (Å²) < 4.78 is 5.92. The van der Waals surface area contributed by atoms with Gasteiger partial charge in [-0.05, 0) is 46.0 Å². The highest BCUT2D eigenvalue weighted by Gasteiger charge is 2.31. The van der Waals surface area contributed by atoms with E-state index in [-0.39, 0.29) is 24.0 Å². The summed E-state index contributed by atoms with van der Waals surface area (Å²) in [7, 11) is 0. The lowest BCUT2D eigenvalue weighted by molar-refractivity contribution is 0.0579. The summed E-state index contributed by atoms with van der Waals surface area (Å²) in [6.45, 7) is 13.9. The third kappa shape index (κ3) is 7.99. The van der Waals surface area contributed by atoms with Crippen molar-refractivity contribution in [3.63, 3.8) is 0 Å². The standard InChI is InChI=1S/C19H38N4O.HI/c1-5-20-19(21-11-8-12-24-17-9-6-7-10-17)22-18-14-23(15(2)3)13-16(18)4;/h15-18H,5-14H2,1-4H3,(H2,20,21,22);1H. The fourth-order valence-electron chi connectivity index (χ4n) is 3.67. The number of hydrogen-bond acceptors (Lipinski definition) is 3. The average Bonchev–Trinajstić information content (AvgIpc) is 3.17. The molecule has 2 fully saturated rings. The quantitative estimate of drug-likeness (QED) is 0.250. The van der Waals surface area contributed by atoms with Gasteiger partial charge in [-0.2, -0.15) is 0 Å². The van der Waals surface area contributed by atoms with Gasteiger partial charge in [-0.25, -0.2) is 0 Å². The maximum atomic E-state index is 5.92. The summed E-state index contributed by atoms with van der Waals surface area (Å²) in [5.74, 6) is 1.61. The minimum Gasteiger partial charge on any atom is -0.378 e. The number of aliphatic imine (C=N–C) groups is 1. The van der Waals surface area contributed by atoms with Crippen molar-refractivity contribution in [3.8, 4) is 0 Å². The maximum absolute atomic E-state index is 5.92. The predicted octanol–water partition coefficient (Wildman–Crippen LogP) is 3.24. The SMILES string of the molecule is CCNC(=NCCCOC1CCCC1)NC1CN(C(C)C)CC1C.I. The lowest BCUT2D eigenvalue weighted by Gasteiger charge is -2.22. The van der Waals surface area contributed by atoms with Gasteiger partial charge in [-0.1, -0.05) is 19.8 Å². The lowest BCUT2D eigenvalue weighted by Crippen LogP contribution is -2.46. The molecule has 6 heteroatoms. The van der Waals surface area contributed by atoms with Gasteiger partial charge in [0.25, 0.3) is 0 Å². The second-order valence-corrected chi connectivity index (χ2v) is 7.67. The fraction of sp³-hybridized carbons (Fsp3) is 0.947. The van der Waals surface area contributed by atoms with Crippen LogP contribution in [0.4, 0.5) is 0 Å². The molecule has 0 aromatic rings. The van der Waals surface area contributed by atoms with Gasteiger partial charge in [0.1, 0.15) is 0 Å². The molecule has 1 saturated carbocycles. The molecule has 1 heterocycles. The summed E-state index contributed by atoms with van der Waals surface area (Å²) in [5, 5.41) is 7.03. The average molecular weight is 466 g/mol. The van der Waals surface area contributed by atoms with Crippen LogP contribution in [0.5, 0.6) is 0 Å². The van der Waals surface area contributed by atoms with Gasteiger partial charge >= 0.3 is 0 Å². The van der Waals surface area contributed by atoms with Crippen molar-refractivity contribution >= 4 is 29.9 Å². The summed E-state index contributed by atoms with van der Waals surface area (Å²) in [5.41, 5.74) is 0. The van der Waals surface area contributed by atoms with Crippen molar-refractivity contribution in [3.05, 3.63) is 0 Å². The molecule has 0 aromatic carbocycles. The van der Waals surface area contributed by atoms with Gasteiger partial charge in [0.2, 0.25) is 0 Å². The molecule has 0 spiro atoms. The third-order valence-electron chi connectivity index (χ3n) is 5.27. The van der Waals surface area contributed by atoms with Crippen LogP contribution in [-0.2, 0) is 4.74 Å². The Bertz CT molecular complexity index is 386. The van der Waals surface area contributed by atoms with Crippen LogP contribution >= 0.6 is 24.0 Å². The Kier molecular flexibility index (Phi) is 11.3. The lowest BCUT2D eigenvalue weighted by atomic mass is 10.1. The van der Waals surface area contributed by atoms with E-state index in [1.165, 1.54) is 32.2 Å².